The topological polar surface area (TPSA) is 80.4 Å². The molecule has 0 bridgehead atoms. The molecule has 0 spiro atoms. The molecule has 0 amide bonds. The second-order valence-corrected chi connectivity index (χ2v) is 3.21. The Kier molecular flexibility index (Phi) is 2.20. The molecule has 78 valence electrons. The molecule has 0 aliphatic heterocycles. The summed E-state index contributed by atoms with van der Waals surface area (Å²) in [6.45, 7) is 3.00. The molecule has 2 rings (SSSR count). The zero-order valence-electron chi connectivity index (χ0n) is 8.43. The predicted molar refractivity (Wildman–Crippen MR) is 51.4 cm³/mol. The van der Waals surface area contributed by atoms with Gasteiger partial charge in [-0.1, -0.05) is 0 Å². The number of hydrogen-bond acceptors (Lipinski definition) is 5. The minimum Gasteiger partial charge on any atom is -0.388 e. The van der Waals surface area contributed by atoms with Gasteiger partial charge in [0.05, 0.1) is 11.3 Å². The number of aliphatic hydroxyl groups excluding tert-OH is 1. The summed E-state index contributed by atoms with van der Waals surface area (Å²) in [6, 6.07) is 0. The molecule has 0 saturated carbocycles. The van der Waals surface area contributed by atoms with E-state index in [4.69, 9.17) is 5.11 Å². The number of carbonyl (C=O) groups is 1. The van der Waals surface area contributed by atoms with E-state index in [0.29, 0.717) is 22.9 Å². The maximum absolute atomic E-state index is 11.2. The number of hydrogen-bond donors (Lipinski definition) is 1. The molecule has 6 nitrogen and oxygen atoms in total. The average Bonchev–Trinajstić information content (AvgIpc) is 2.61. The van der Waals surface area contributed by atoms with Gasteiger partial charge in [0.2, 0.25) is 0 Å². The summed E-state index contributed by atoms with van der Waals surface area (Å²) in [5.41, 5.74) is 1.19. The largest absolute Gasteiger partial charge is 0.388 e. The Hall–Kier alpha value is -1.82. The van der Waals surface area contributed by atoms with E-state index in [-0.39, 0.29) is 12.4 Å². The van der Waals surface area contributed by atoms with Crippen molar-refractivity contribution in [1.82, 2.24) is 19.6 Å². The smallest absolute Gasteiger partial charge is 0.252 e. The van der Waals surface area contributed by atoms with Crippen LogP contribution < -0.4 is 0 Å². The summed E-state index contributed by atoms with van der Waals surface area (Å²) >= 11 is 0. The Morgan fingerprint density at radius 1 is 1.60 bits per heavy atom. The summed E-state index contributed by atoms with van der Waals surface area (Å²) < 4.78 is 1.46. The Bertz CT molecular complexity index is 532. The number of carbonyl (C=O) groups excluding carboxylic acids is 1. The fourth-order valence-corrected chi connectivity index (χ4v) is 1.40. The van der Waals surface area contributed by atoms with E-state index in [1.165, 1.54) is 17.6 Å². The number of fused-ring (bicyclic) bond motifs is 1. The van der Waals surface area contributed by atoms with E-state index in [1.807, 2.05) is 0 Å². The van der Waals surface area contributed by atoms with Gasteiger partial charge in [-0.2, -0.15) is 4.98 Å². The van der Waals surface area contributed by atoms with Crippen LogP contribution in [-0.4, -0.2) is 30.5 Å². The Balaban J connectivity index is 2.72. The first-order chi connectivity index (χ1) is 7.13. The third kappa shape index (κ3) is 1.48. The highest BCUT2D eigenvalue weighted by Crippen LogP contribution is 2.09. The number of ketones is 1. The summed E-state index contributed by atoms with van der Waals surface area (Å²) in [5, 5.41) is 12.9. The van der Waals surface area contributed by atoms with E-state index in [2.05, 4.69) is 15.1 Å². The number of rotatable bonds is 2. The Labute approximate surface area is 85.6 Å². The standard InChI is InChI=1S/C9H10N4O2/c1-5-7(6(2)15)3-10-9-11-8(4-14)12-13(5)9/h3,14H,4H2,1-2H3. The lowest BCUT2D eigenvalue weighted by atomic mass is 10.2. The lowest BCUT2D eigenvalue weighted by Crippen LogP contribution is -2.05. The van der Waals surface area contributed by atoms with Crippen molar-refractivity contribution in [2.45, 2.75) is 20.5 Å². The van der Waals surface area contributed by atoms with Gasteiger partial charge in [-0.3, -0.25) is 4.79 Å². The predicted octanol–water partition coefficient (Wildman–Crippen LogP) is 0.128. The molecule has 2 aromatic rings. The number of aromatic nitrogens is 4. The second-order valence-electron chi connectivity index (χ2n) is 3.21. The molecule has 0 fully saturated rings. The quantitative estimate of drug-likeness (QED) is 0.706. The van der Waals surface area contributed by atoms with Crippen LogP contribution in [0.2, 0.25) is 0 Å². The van der Waals surface area contributed by atoms with Gasteiger partial charge >= 0.3 is 0 Å². The fourth-order valence-electron chi connectivity index (χ4n) is 1.40. The number of Topliss-reactive ketones (excluding diaryl/α,β-unsaturated/α-hetero) is 1. The average molecular weight is 206 g/mol. The van der Waals surface area contributed by atoms with Crippen LogP contribution in [0, 0.1) is 6.92 Å². The summed E-state index contributed by atoms with van der Waals surface area (Å²) in [4.78, 5) is 19.2. The Morgan fingerprint density at radius 3 is 2.93 bits per heavy atom. The van der Waals surface area contributed by atoms with Gasteiger partial charge in [0, 0.05) is 6.20 Å². The SMILES string of the molecule is CC(=O)c1cnc2nc(CO)nn2c1C. The van der Waals surface area contributed by atoms with Crippen LogP contribution in [0.15, 0.2) is 6.20 Å². The number of aliphatic hydroxyl groups is 1. The van der Waals surface area contributed by atoms with Crippen LogP contribution in [-0.2, 0) is 6.61 Å². The molecule has 6 heteroatoms. The van der Waals surface area contributed by atoms with E-state index in [9.17, 15) is 4.79 Å². The summed E-state index contributed by atoms with van der Waals surface area (Å²) in [7, 11) is 0. The van der Waals surface area contributed by atoms with E-state index < -0.39 is 0 Å². The van der Waals surface area contributed by atoms with Crippen LogP contribution in [0.25, 0.3) is 5.78 Å². The minimum atomic E-state index is -0.238. The molecule has 0 saturated heterocycles. The van der Waals surface area contributed by atoms with E-state index >= 15 is 0 Å². The van der Waals surface area contributed by atoms with Gasteiger partial charge in [0.25, 0.3) is 5.78 Å². The van der Waals surface area contributed by atoms with Gasteiger partial charge in [-0.15, -0.1) is 5.10 Å². The monoisotopic (exact) mass is 206 g/mol. The van der Waals surface area contributed by atoms with Gasteiger partial charge in [-0.25, -0.2) is 9.50 Å². The third-order valence-electron chi connectivity index (χ3n) is 2.17. The highest BCUT2D eigenvalue weighted by Gasteiger charge is 2.11. The summed E-state index contributed by atoms with van der Waals surface area (Å²) in [5.74, 6) is 0.621. The van der Waals surface area contributed by atoms with Gasteiger partial charge in [0.1, 0.15) is 6.61 Å². The zero-order chi connectivity index (χ0) is 11.0. The van der Waals surface area contributed by atoms with Gasteiger partial charge < -0.3 is 5.11 Å². The fraction of sp³-hybridized carbons (Fsp3) is 0.333. The first-order valence-electron chi connectivity index (χ1n) is 4.46. The van der Waals surface area contributed by atoms with Crippen molar-refractivity contribution in [2.24, 2.45) is 0 Å². The van der Waals surface area contributed by atoms with E-state index in [1.54, 1.807) is 6.92 Å². The summed E-state index contributed by atoms with van der Waals surface area (Å²) in [6.07, 6.45) is 1.48. The van der Waals surface area contributed by atoms with Crippen molar-refractivity contribution >= 4 is 11.6 Å². The van der Waals surface area contributed by atoms with Crippen molar-refractivity contribution < 1.29 is 9.90 Å². The molecular formula is C9H10N4O2. The van der Waals surface area contributed by atoms with Crippen molar-refractivity contribution in [3.63, 3.8) is 0 Å². The van der Waals surface area contributed by atoms with Crippen LogP contribution in [0.5, 0.6) is 0 Å². The lowest BCUT2D eigenvalue weighted by Gasteiger charge is -2.01. The number of aryl methyl sites for hydroxylation is 1. The van der Waals surface area contributed by atoms with Gasteiger partial charge in [-0.05, 0) is 13.8 Å². The van der Waals surface area contributed by atoms with Crippen molar-refractivity contribution in [3.8, 4) is 0 Å². The third-order valence-corrected chi connectivity index (χ3v) is 2.17. The molecule has 2 aromatic heterocycles. The molecule has 15 heavy (non-hydrogen) atoms. The molecule has 0 atom stereocenters. The second kappa shape index (κ2) is 3.39. The molecule has 1 N–H and O–H groups in total. The first kappa shape index (κ1) is 9.72. The van der Waals surface area contributed by atoms with Crippen molar-refractivity contribution in [3.05, 3.63) is 23.3 Å². The van der Waals surface area contributed by atoms with E-state index in [0.717, 1.165) is 0 Å². The molecular weight excluding hydrogens is 196 g/mol. The lowest BCUT2D eigenvalue weighted by molar-refractivity contribution is 0.101. The highest BCUT2D eigenvalue weighted by atomic mass is 16.3. The molecule has 2 heterocycles. The van der Waals surface area contributed by atoms with Gasteiger partial charge in [0.15, 0.2) is 11.6 Å². The van der Waals surface area contributed by atoms with Crippen LogP contribution in [0.3, 0.4) is 0 Å². The van der Waals surface area contributed by atoms with Crippen LogP contribution in [0.4, 0.5) is 0 Å². The zero-order valence-corrected chi connectivity index (χ0v) is 8.43. The molecule has 0 unspecified atom stereocenters. The Morgan fingerprint density at radius 2 is 2.33 bits per heavy atom. The first-order valence-corrected chi connectivity index (χ1v) is 4.46. The molecule has 0 aliphatic rings. The van der Waals surface area contributed by atoms with Crippen LogP contribution >= 0.6 is 0 Å². The molecule has 0 radical (unpaired) electrons. The van der Waals surface area contributed by atoms with Crippen molar-refractivity contribution in [1.29, 1.82) is 0 Å². The molecule has 0 aromatic carbocycles. The normalized spacial score (nSPS) is 10.9. The highest BCUT2D eigenvalue weighted by molar-refractivity contribution is 5.94. The molecule has 0 aliphatic carbocycles. The maximum atomic E-state index is 11.2. The minimum absolute atomic E-state index is 0.0667. The number of nitrogens with zero attached hydrogens (tertiary/aromatic N) is 4. The van der Waals surface area contributed by atoms with Crippen molar-refractivity contribution in [2.75, 3.05) is 0 Å². The van der Waals surface area contributed by atoms with Crippen LogP contribution in [0.1, 0.15) is 28.8 Å². The maximum Gasteiger partial charge on any atom is 0.252 e.